The van der Waals surface area contributed by atoms with Crippen LogP contribution in [0.15, 0.2) is 59.8 Å². The summed E-state index contributed by atoms with van der Waals surface area (Å²) in [6, 6.07) is 15.7. The number of thioether (sulfide) groups is 1. The second kappa shape index (κ2) is 10.4. The van der Waals surface area contributed by atoms with E-state index in [9.17, 15) is 18.0 Å². The molecule has 1 atom stereocenters. The maximum absolute atomic E-state index is 12.8. The predicted molar refractivity (Wildman–Crippen MR) is 120 cm³/mol. The number of hydrogen-bond acceptors (Lipinski definition) is 7. The van der Waals surface area contributed by atoms with Gasteiger partial charge in [0, 0.05) is 32.2 Å². The number of piperazine rings is 1. The van der Waals surface area contributed by atoms with Crippen molar-refractivity contribution in [2.75, 3.05) is 31.9 Å². The molecule has 12 heteroatoms. The Bertz CT molecular complexity index is 1090. The fourth-order valence-electron chi connectivity index (χ4n) is 3.74. The zero-order valence-electron chi connectivity index (χ0n) is 18.4. The lowest BCUT2D eigenvalue weighted by Crippen LogP contribution is -2.49. The van der Waals surface area contributed by atoms with Gasteiger partial charge in [0.2, 0.25) is 11.1 Å². The summed E-state index contributed by atoms with van der Waals surface area (Å²) in [4.78, 5) is 16.9. The molecule has 0 radical (unpaired) electrons. The van der Waals surface area contributed by atoms with E-state index in [4.69, 9.17) is 0 Å². The number of ether oxygens (including phenoxy) is 1. The molecule has 1 unspecified atom stereocenters. The van der Waals surface area contributed by atoms with Gasteiger partial charge in [-0.15, -0.1) is 18.3 Å². The second-order valence-corrected chi connectivity index (χ2v) is 8.65. The van der Waals surface area contributed by atoms with E-state index in [1.165, 1.54) is 46.3 Å². The topological polar surface area (TPSA) is 76.4 Å². The summed E-state index contributed by atoms with van der Waals surface area (Å²) in [6.45, 7) is 5.03. The average Bonchev–Trinajstić information content (AvgIpc) is 3.31. The zero-order chi connectivity index (χ0) is 24.1. The van der Waals surface area contributed by atoms with E-state index in [1.54, 1.807) is 0 Å². The number of carbonyl (C=O) groups excluding carboxylic acids is 1. The Morgan fingerprint density at radius 1 is 1.06 bits per heavy atom. The number of alkyl halides is 3. The van der Waals surface area contributed by atoms with E-state index >= 15 is 0 Å². The van der Waals surface area contributed by atoms with Crippen LogP contribution in [0.2, 0.25) is 0 Å². The molecule has 1 aromatic heterocycles. The van der Waals surface area contributed by atoms with Crippen molar-refractivity contribution in [2.45, 2.75) is 24.5 Å². The molecule has 0 saturated carbocycles. The highest BCUT2D eigenvalue weighted by molar-refractivity contribution is 7.99. The smallest absolute Gasteiger partial charge is 0.406 e. The zero-order valence-corrected chi connectivity index (χ0v) is 19.2. The SMILES string of the molecule is CC(c1ccccc1)N1CCN(C(=O)CSc2nnnn2-c2ccc(OC(F)(F)F)cc2)CC1. The van der Waals surface area contributed by atoms with Gasteiger partial charge in [-0.3, -0.25) is 9.69 Å². The Labute approximate surface area is 198 Å². The number of tetrazole rings is 1. The van der Waals surface area contributed by atoms with Crippen LogP contribution in [0.25, 0.3) is 5.69 Å². The molecule has 1 fully saturated rings. The Morgan fingerprint density at radius 3 is 2.38 bits per heavy atom. The molecule has 1 aliphatic heterocycles. The summed E-state index contributed by atoms with van der Waals surface area (Å²) in [5, 5.41) is 11.8. The van der Waals surface area contributed by atoms with Crippen LogP contribution in [-0.2, 0) is 4.79 Å². The van der Waals surface area contributed by atoms with Crippen LogP contribution in [0.5, 0.6) is 5.75 Å². The maximum Gasteiger partial charge on any atom is 0.573 e. The van der Waals surface area contributed by atoms with Crippen molar-refractivity contribution in [3.8, 4) is 11.4 Å². The Balaban J connectivity index is 1.30. The summed E-state index contributed by atoms with van der Waals surface area (Å²) in [5.74, 6) is -0.195. The lowest BCUT2D eigenvalue weighted by Gasteiger charge is -2.38. The van der Waals surface area contributed by atoms with Crippen molar-refractivity contribution in [3.05, 3.63) is 60.2 Å². The van der Waals surface area contributed by atoms with E-state index in [0.717, 1.165) is 13.1 Å². The van der Waals surface area contributed by atoms with Gasteiger partial charge in [0.05, 0.1) is 11.4 Å². The molecule has 180 valence electrons. The van der Waals surface area contributed by atoms with Gasteiger partial charge in [-0.2, -0.15) is 4.68 Å². The molecule has 0 aliphatic carbocycles. The first-order chi connectivity index (χ1) is 16.3. The maximum atomic E-state index is 12.8. The highest BCUT2D eigenvalue weighted by Crippen LogP contribution is 2.26. The number of amides is 1. The summed E-state index contributed by atoms with van der Waals surface area (Å²) >= 11 is 1.18. The Morgan fingerprint density at radius 2 is 1.74 bits per heavy atom. The van der Waals surface area contributed by atoms with Crippen molar-refractivity contribution in [1.29, 1.82) is 0 Å². The van der Waals surface area contributed by atoms with Gasteiger partial charge in [0.1, 0.15) is 5.75 Å². The number of halogens is 3. The molecule has 0 bridgehead atoms. The molecule has 34 heavy (non-hydrogen) atoms. The van der Waals surface area contributed by atoms with Crippen LogP contribution >= 0.6 is 11.8 Å². The Hall–Kier alpha value is -3.12. The van der Waals surface area contributed by atoms with E-state index < -0.39 is 6.36 Å². The quantitative estimate of drug-likeness (QED) is 0.467. The van der Waals surface area contributed by atoms with Gasteiger partial charge in [-0.1, -0.05) is 42.1 Å². The van der Waals surface area contributed by atoms with Gasteiger partial charge < -0.3 is 9.64 Å². The summed E-state index contributed by atoms with van der Waals surface area (Å²) in [6.07, 6.45) is -4.76. The van der Waals surface area contributed by atoms with Crippen LogP contribution in [0.1, 0.15) is 18.5 Å². The molecule has 2 heterocycles. The third-order valence-electron chi connectivity index (χ3n) is 5.58. The standard InChI is InChI=1S/C22H23F3N6O2S/c1-16(17-5-3-2-4-6-17)29-11-13-30(14-12-29)20(32)15-34-21-26-27-28-31(21)18-7-9-19(10-8-18)33-22(23,24)25/h2-10,16H,11-15H2,1H3. The van der Waals surface area contributed by atoms with E-state index in [-0.39, 0.29) is 23.5 Å². The highest BCUT2D eigenvalue weighted by Gasteiger charge is 2.31. The molecular formula is C22H23F3N6O2S. The lowest BCUT2D eigenvalue weighted by atomic mass is 10.1. The van der Waals surface area contributed by atoms with E-state index in [1.807, 2.05) is 23.1 Å². The van der Waals surface area contributed by atoms with Crippen molar-refractivity contribution in [3.63, 3.8) is 0 Å². The van der Waals surface area contributed by atoms with E-state index in [2.05, 4.69) is 44.2 Å². The predicted octanol–water partition coefficient (Wildman–Crippen LogP) is 3.56. The number of rotatable bonds is 7. The summed E-state index contributed by atoms with van der Waals surface area (Å²) < 4.78 is 42.3. The van der Waals surface area contributed by atoms with Gasteiger partial charge in [-0.05, 0) is 47.2 Å². The van der Waals surface area contributed by atoms with Gasteiger partial charge >= 0.3 is 6.36 Å². The fourth-order valence-corrected chi connectivity index (χ4v) is 4.53. The van der Waals surface area contributed by atoms with Gasteiger partial charge in [0.15, 0.2) is 0 Å². The number of aromatic nitrogens is 4. The number of nitrogens with zero attached hydrogens (tertiary/aromatic N) is 6. The largest absolute Gasteiger partial charge is 0.573 e. The lowest BCUT2D eigenvalue weighted by molar-refractivity contribution is -0.274. The minimum Gasteiger partial charge on any atom is -0.406 e. The molecule has 1 saturated heterocycles. The molecule has 0 N–H and O–H groups in total. The molecular weight excluding hydrogens is 469 g/mol. The molecule has 2 aromatic carbocycles. The van der Waals surface area contributed by atoms with Crippen LogP contribution in [0, 0.1) is 0 Å². The van der Waals surface area contributed by atoms with Crippen molar-refractivity contribution in [2.24, 2.45) is 0 Å². The third-order valence-corrected chi connectivity index (χ3v) is 6.48. The van der Waals surface area contributed by atoms with Crippen molar-refractivity contribution < 1.29 is 22.7 Å². The third kappa shape index (κ3) is 6.06. The minimum atomic E-state index is -4.76. The van der Waals surface area contributed by atoms with Gasteiger partial charge in [0.25, 0.3) is 0 Å². The van der Waals surface area contributed by atoms with Crippen LogP contribution in [0.3, 0.4) is 0 Å². The monoisotopic (exact) mass is 492 g/mol. The highest BCUT2D eigenvalue weighted by atomic mass is 32.2. The van der Waals surface area contributed by atoms with Crippen LogP contribution < -0.4 is 4.74 Å². The number of hydrogen-bond donors (Lipinski definition) is 0. The van der Waals surface area contributed by atoms with Gasteiger partial charge in [-0.25, -0.2) is 0 Å². The summed E-state index contributed by atoms with van der Waals surface area (Å²) in [7, 11) is 0. The summed E-state index contributed by atoms with van der Waals surface area (Å²) in [5.41, 5.74) is 1.71. The Kier molecular flexibility index (Phi) is 7.37. The van der Waals surface area contributed by atoms with E-state index in [0.29, 0.717) is 23.9 Å². The van der Waals surface area contributed by atoms with Crippen molar-refractivity contribution >= 4 is 17.7 Å². The molecule has 1 aliphatic rings. The molecule has 8 nitrogen and oxygen atoms in total. The molecule has 0 spiro atoms. The average molecular weight is 493 g/mol. The fraction of sp³-hybridized carbons (Fsp3) is 0.364. The molecule has 4 rings (SSSR count). The number of benzene rings is 2. The normalized spacial score (nSPS) is 15.8. The second-order valence-electron chi connectivity index (χ2n) is 7.71. The first-order valence-corrected chi connectivity index (χ1v) is 11.6. The molecule has 1 amide bonds. The minimum absolute atomic E-state index is 0.0134. The van der Waals surface area contributed by atoms with Crippen LogP contribution in [-0.4, -0.2) is 74.2 Å². The van der Waals surface area contributed by atoms with Crippen LogP contribution in [0.4, 0.5) is 13.2 Å². The first kappa shape index (κ1) is 24.0. The molecule has 3 aromatic rings. The van der Waals surface area contributed by atoms with Crippen molar-refractivity contribution in [1.82, 2.24) is 30.0 Å². The first-order valence-electron chi connectivity index (χ1n) is 10.6. The number of carbonyl (C=O) groups is 1.